The highest BCUT2D eigenvalue weighted by atomic mass is 127. The molecule has 5 nitrogen and oxygen atoms in total. The Hall–Kier alpha value is -1.02. The van der Waals surface area contributed by atoms with Crippen molar-refractivity contribution in [2.45, 2.75) is 45.9 Å². The molecule has 0 atom stereocenters. The fourth-order valence-corrected chi connectivity index (χ4v) is 2.92. The van der Waals surface area contributed by atoms with Gasteiger partial charge in [-0.25, -0.2) is 7.91 Å². The van der Waals surface area contributed by atoms with Gasteiger partial charge in [0, 0.05) is 42.5 Å². The lowest BCUT2D eigenvalue weighted by Gasteiger charge is -2.19. The summed E-state index contributed by atoms with van der Waals surface area (Å²) in [5.41, 5.74) is 2.24. The lowest BCUT2D eigenvalue weighted by atomic mass is 10.1. The van der Waals surface area contributed by atoms with Crippen LogP contribution < -0.4 is 10.1 Å². The molecule has 0 unspecified atom stereocenters. The molecule has 6 heteroatoms. The van der Waals surface area contributed by atoms with Crippen LogP contribution in [0.5, 0.6) is 5.75 Å². The molecule has 122 valence electrons. The first-order valence-corrected chi connectivity index (χ1v) is 8.42. The van der Waals surface area contributed by atoms with Gasteiger partial charge in [-0.2, -0.15) is 0 Å². The van der Waals surface area contributed by atoms with Crippen LogP contribution in [0.25, 0.3) is 0 Å². The van der Waals surface area contributed by atoms with E-state index in [0.29, 0.717) is 13.2 Å². The van der Waals surface area contributed by atoms with Gasteiger partial charge in [0.2, 0.25) is 0 Å². The number of hydrogen-bond donors (Lipinski definition) is 1. The fourth-order valence-electron chi connectivity index (χ4n) is 2.19. The number of nitrogens with one attached hydrogen (secondary N) is 1. The Morgan fingerprint density at radius 2 is 2.05 bits per heavy atom. The van der Waals surface area contributed by atoms with E-state index in [1.807, 2.05) is 26.8 Å². The molecule has 0 fully saturated rings. The normalized spacial score (nSPS) is 14.5. The van der Waals surface area contributed by atoms with Gasteiger partial charge in [-0.1, -0.05) is 6.07 Å². The molecule has 0 saturated heterocycles. The van der Waals surface area contributed by atoms with Crippen molar-refractivity contribution < 1.29 is 14.3 Å². The predicted molar refractivity (Wildman–Crippen MR) is 94.1 cm³/mol. The SMILES string of the molecule is CC(C)(C)OC(=O)NCCCOc1ccc2c(c1)CN(I)C2. The van der Waals surface area contributed by atoms with Crippen molar-refractivity contribution >= 4 is 29.0 Å². The third-order valence-electron chi connectivity index (χ3n) is 3.12. The molecule has 0 bridgehead atoms. The summed E-state index contributed by atoms with van der Waals surface area (Å²) in [5, 5.41) is 2.72. The minimum atomic E-state index is -0.461. The first-order valence-electron chi connectivity index (χ1n) is 7.46. The number of alkyl carbamates (subject to hydrolysis) is 1. The van der Waals surface area contributed by atoms with E-state index in [1.54, 1.807) is 0 Å². The highest BCUT2D eigenvalue weighted by molar-refractivity contribution is 14.1. The predicted octanol–water partition coefficient (Wildman–Crippen LogP) is 3.65. The molecule has 0 aromatic heterocycles. The van der Waals surface area contributed by atoms with Crippen LogP contribution in [-0.2, 0) is 17.8 Å². The van der Waals surface area contributed by atoms with Gasteiger partial charge in [0.05, 0.1) is 6.61 Å². The molecule has 1 aliphatic heterocycles. The van der Waals surface area contributed by atoms with Crippen LogP contribution >= 0.6 is 22.9 Å². The van der Waals surface area contributed by atoms with E-state index in [0.717, 1.165) is 25.3 Å². The van der Waals surface area contributed by atoms with Crippen LogP contribution in [0.2, 0.25) is 0 Å². The summed E-state index contributed by atoms with van der Waals surface area (Å²) in [5.74, 6) is 0.891. The van der Waals surface area contributed by atoms with Gasteiger partial charge in [-0.05, 0) is 50.5 Å². The summed E-state index contributed by atoms with van der Waals surface area (Å²) in [4.78, 5) is 11.5. The highest BCUT2D eigenvalue weighted by Crippen LogP contribution is 2.28. The Bertz CT molecular complexity index is 529. The molecule has 1 aliphatic rings. The van der Waals surface area contributed by atoms with Gasteiger partial charge in [0.15, 0.2) is 0 Å². The van der Waals surface area contributed by atoms with Crippen LogP contribution in [0.1, 0.15) is 38.3 Å². The zero-order valence-corrected chi connectivity index (χ0v) is 15.5. The van der Waals surface area contributed by atoms with Crippen LogP contribution in [0, 0.1) is 0 Å². The van der Waals surface area contributed by atoms with E-state index in [-0.39, 0.29) is 6.09 Å². The number of fused-ring (bicyclic) bond motifs is 1. The summed E-state index contributed by atoms with van der Waals surface area (Å²) >= 11 is 2.33. The highest BCUT2D eigenvalue weighted by Gasteiger charge is 2.17. The summed E-state index contributed by atoms with van der Waals surface area (Å²) in [6.07, 6.45) is 0.363. The quantitative estimate of drug-likeness (QED) is 0.451. The number of halogens is 1. The van der Waals surface area contributed by atoms with Crippen molar-refractivity contribution in [1.29, 1.82) is 0 Å². The van der Waals surface area contributed by atoms with Crippen LogP contribution in [0.4, 0.5) is 4.79 Å². The third kappa shape index (κ3) is 5.64. The van der Waals surface area contributed by atoms with Gasteiger partial charge in [0.25, 0.3) is 0 Å². The summed E-state index contributed by atoms with van der Waals surface area (Å²) < 4.78 is 13.1. The minimum Gasteiger partial charge on any atom is -0.494 e. The van der Waals surface area contributed by atoms with Gasteiger partial charge >= 0.3 is 6.09 Å². The smallest absolute Gasteiger partial charge is 0.407 e. The second-order valence-corrected chi connectivity index (χ2v) is 7.70. The third-order valence-corrected chi connectivity index (χ3v) is 3.80. The maximum Gasteiger partial charge on any atom is 0.407 e. The molecule has 0 aliphatic carbocycles. The van der Waals surface area contributed by atoms with Gasteiger partial charge in [0.1, 0.15) is 11.4 Å². The molecule has 0 spiro atoms. The van der Waals surface area contributed by atoms with E-state index in [1.165, 1.54) is 11.1 Å². The molecule has 0 radical (unpaired) electrons. The molecular formula is C16H23IN2O3. The monoisotopic (exact) mass is 418 g/mol. The van der Waals surface area contributed by atoms with E-state index >= 15 is 0 Å². The molecule has 1 aromatic carbocycles. The molecule has 2 rings (SSSR count). The second kappa shape index (κ2) is 7.50. The number of carbonyl (C=O) groups is 1. The summed E-state index contributed by atoms with van der Waals surface area (Å²) in [7, 11) is 0. The zero-order valence-electron chi connectivity index (χ0n) is 13.3. The lowest BCUT2D eigenvalue weighted by Crippen LogP contribution is -2.33. The van der Waals surface area contributed by atoms with Crippen LogP contribution in [0.3, 0.4) is 0 Å². The maximum atomic E-state index is 11.5. The topological polar surface area (TPSA) is 50.8 Å². The molecule has 1 aromatic rings. The Kier molecular flexibility index (Phi) is 5.91. The Labute approximate surface area is 145 Å². The van der Waals surface area contributed by atoms with Gasteiger partial charge in [-0.3, -0.25) is 0 Å². The van der Waals surface area contributed by atoms with Crippen molar-refractivity contribution in [3.63, 3.8) is 0 Å². The van der Waals surface area contributed by atoms with Crippen molar-refractivity contribution in [3.8, 4) is 5.75 Å². The largest absolute Gasteiger partial charge is 0.494 e. The first kappa shape index (κ1) is 17.3. The number of nitrogens with zero attached hydrogens (tertiary/aromatic N) is 1. The van der Waals surface area contributed by atoms with E-state index < -0.39 is 5.60 Å². The standard InChI is InChI=1S/C16H23IN2O3/c1-16(2,3)22-15(20)18-7-4-8-21-14-6-5-12-10-19(17)11-13(12)9-14/h5-6,9H,4,7-8,10-11H2,1-3H3,(H,18,20). The fraction of sp³-hybridized carbons (Fsp3) is 0.562. The number of ether oxygens (including phenoxy) is 2. The van der Waals surface area contributed by atoms with Crippen LogP contribution in [0.15, 0.2) is 18.2 Å². The Morgan fingerprint density at radius 1 is 1.32 bits per heavy atom. The van der Waals surface area contributed by atoms with E-state index in [2.05, 4.69) is 43.4 Å². The van der Waals surface area contributed by atoms with Gasteiger partial charge in [-0.15, -0.1) is 0 Å². The summed E-state index contributed by atoms with van der Waals surface area (Å²) in [6.45, 7) is 8.62. The molecule has 1 N–H and O–H groups in total. The van der Waals surface area contributed by atoms with Crippen LogP contribution in [-0.4, -0.2) is 28.0 Å². The molecule has 1 amide bonds. The first-order chi connectivity index (χ1) is 10.3. The average molecular weight is 418 g/mol. The second-order valence-electron chi connectivity index (χ2n) is 6.34. The van der Waals surface area contributed by atoms with Crippen molar-refractivity contribution in [2.75, 3.05) is 13.2 Å². The number of hydrogen-bond acceptors (Lipinski definition) is 4. The summed E-state index contributed by atoms with van der Waals surface area (Å²) in [6, 6.07) is 6.24. The molecule has 0 saturated carbocycles. The number of carbonyl (C=O) groups excluding carboxylic acids is 1. The van der Waals surface area contributed by atoms with E-state index in [4.69, 9.17) is 9.47 Å². The molecular weight excluding hydrogens is 395 g/mol. The lowest BCUT2D eigenvalue weighted by molar-refractivity contribution is 0.0525. The Balaban J connectivity index is 1.65. The van der Waals surface area contributed by atoms with Gasteiger partial charge < -0.3 is 14.8 Å². The minimum absolute atomic E-state index is 0.382. The molecule has 1 heterocycles. The zero-order chi connectivity index (χ0) is 16.2. The van der Waals surface area contributed by atoms with Crippen molar-refractivity contribution in [1.82, 2.24) is 8.43 Å². The average Bonchev–Trinajstić information content (AvgIpc) is 2.75. The maximum absolute atomic E-state index is 11.5. The number of benzene rings is 1. The van der Waals surface area contributed by atoms with Crippen molar-refractivity contribution in [3.05, 3.63) is 29.3 Å². The molecule has 22 heavy (non-hydrogen) atoms. The van der Waals surface area contributed by atoms with Crippen molar-refractivity contribution in [2.24, 2.45) is 0 Å². The van der Waals surface area contributed by atoms with E-state index in [9.17, 15) is 4.79 Å². The number of amides is 1. The Morgan fingerprint density at radius 3 is 2.77 bits per heavy atom. The number of rotatable bonds is 5.